The number of carbonyl (C=O) groups excluding carboxylic acids is 1. The molecule has 4 nitrogen and oxygen atoms in total. The molecule has 1 heterocycles. The SMILES string of the molecule is Cl.NC1CCN(C(=O)NCC2CCCCC2)C1. The number of rotatable bonds is 2. The number of hydrogen-bond donors (Lipinski definition) is 2. The summed E-state index contributed by atoms with van der Waals surface area (Å²) in [6.45, 7) is 2.39. The molecule has 1 aliphatic heterocycles. The van der Waals surface area contributed by atoms with E-state index in [1.165, 1.54) is 32.1 Å². The van der Waals surface area contributed by atoms with Crippen molar-refractivity contribution < 1.29 is 4.79 Å². The largest absolute Gasteiger partial charge is 0.338 e. The third-order valence-electron chi connectivity index (χ3n) is 3.78. The maximum Gasteiger partial charge on any atom is 0.317 e. The van der Waals surface area contributed by atoms with Crippen molar-refractivity contribution in [2.75, 3.05) is 19.6 Å². The van der Waals surface area contributed by atoms with Crippen LogP contribution >= 0.6 is 12.4 Å². The summed E-state index contributed by atoms with van der Waals surface area (Å²) in [5.41, 5.74) is 5.78. The van der Waals surface area contributed by atoms with Crippen LogP contribution in [0.1, 0.15) is 38.5 Å². The third kappa shape index (κ3) is 4.36. The standard InChI is InChI=1S/C12H23N3O.ClH/c13-11-6-7-15(9-11)12(16)14-8-10-4-2-1-3-5-10;/h10-11H,1-9,13H2,(H,14,16);1H. The molecule has 1 atom stereocenters. The second-order valence-electron chi connectivity index (χ2n) is 5.18. The maximum atomic E-state index is 11.8. The molecular weight excluding hydrogens is 238 g/mol. The zero-order chi connectivity index (χ0) is 11.4. The quantitative estimate of drug-likeness (QED) is 0.795. The minimum atomic E-state index is 0. The highest BCUT2D eigenvalue weighted by Gasteiger charge is 2.24. The Hall–Kier alpha value is -0.480. The van der Waals surface area contributed by atoms with Crippen molar-refractivity contribution >= 4 is 18.4 Å². The van der Waals surface area contributed by atoms with Gasteiger partial charge in [0.15, 0.2) is 0 Å². The number of likely N-dealkylation sites (tertiary alicyclic amines) is 1. The molecule has 0 aromatic heterocycles. The van der Waals surface area contributed by atoms with Gasteiger partial charge in [0.1, 0.15) is 0 Å². The van der Waals surface area contributed by atoms with Crippen LogP contribution in [0.15, 0.2) is 0 Å². The number of amides is 2. The highest BCUT2D eigenvalue weighted by atomic mass is 35.5. The summed E-state index contributed by atoms with van der Waals surface area (Å²) in [6, 6.07) is 0.263. The lowest BCUT2D eigenvalue weighted by atomic mass is 9.89. The Bertz CT molecular complexity index is 244. The lowest BCUT2D eigenvalue weighted by Crippen LogP contribution is -2.41. The Labute approximate surface area is 110 Å². The van der Waals surface area contributed by atoms with E-state index >= 15 is 0 Å². The van der Waals surface area contributed by atoms with Crippen molar-refractivity contribution in [2.45, 2.75) is 44.6 Å². The summed E-state index contributed by atoms with van der Waals surface area (Å²) in [5, 5.41) is 3.05. The van der Waals surface area contributed by atoms with Crippen LogP contribution in [0.25, 0.3) is 0 Å². The summed E-state index contributed by atoms with van der Waals surface area (Å²) < 4.78 is 0. The highest BCUT2D eigenvalue weighted by molar-refractivity contribution is 5.85. The molecule has 1 saturated heterocycles. The minimum absolute atomic E-state index is 0. The van der Waals surface area contributed by atoms with Crippen molar-refractivity contribution in [1.29, 1.82) is 0 Å². The molecule has 2 aliphatic rings. The molecule has 2 fully saturated rings. The third-order valence-corrected chi connectivity index (χ3v) is 3.78. The van der Waals surface area contributed by atoms with Gasteiger partial charge in [-0.25, -0.2) is 4.79 Å². The second kappa shape index (κ2) is 7.07. The summed E-state index contributed by atoms with van der Waals surface area (Å²) in [4.78, 5) is 13.6. The number of nitrogens with one attached hydrogen (secondary N) is 1. The van der Waals surface area contributed by atoms with Crippen LogP contribution in [0, 0.1) is 5.92 Å². The maximum absolute atomic E-state index is 11.8. The number of hydrogen-bond acceptors (Lipinski definition) is 2. The van der Waals surface area contributed by atoms with Crippen molar-refractivity contribution in [3.05, 3.63) is 0 Å². The van der Waals surface area contributed by atoms with E-state index in [0.29, 0.717) is 5.92 Å². The molecule has 1 aliphatic carbocycles. The number of halogens is 1. The molecule has 1 unspecified atom stereocenters. The number of carbonyl (C=O) groups is 1. The molecule has 0 bridgehead atoms. The van der Waals surface area contributed by atoms with Gasteiger partial charge in [-0.2, -0.15) is 0 Å². The molecule has 100 valence electrons. The molecule has 0 aromatic rings. The van der Waals surface area contributed by atoms with Crippen LogP contribution in [-0.4, -0.2) is 36.6 Å². The second-order valence-corrected chi connectivity index (χ2v) is 5.18. The topological polar surface area (TPSA) is 58.4 Å². The van der Waals surface area contributed by atoms with Crippen molar-refractivity contribution in [2.24, 2.45) is 11.7 Å². The average molecular weight is 262 g/mol. The molecule has 2 rings (SSSR count). The molecule has 2 amide bonds. The first-order valence-electron chi connectivity index (χ1n) is 6.54. The van der Waals surface area contributed by atoms with Crippen molar-refractivity contribution in [3.8, 4) is 0 Å². The van der Waals surface area contributed by atoms with Crippen LogP contribution in [0.4, 0.5) is 4.79 Å². The number of nitrogens with zero attached hydrogens (tertiary/aromatic N) is 1. The van der Waals surface area contributed by atoms with Crippen molar-refractivity contribution in [3.63, 3.8) is 0 Å². The normalized spacial score (nSPS) is 25.5. The molecule has 0 aromatic carbocycles. The molecule has 5 heteroatoms. The van der Waals surface area contributed by atoms with Gasteiger partial charge in [-0.1, -0.05) is 19.3 Å². The first kappa shape index (κ1) is 14.6. The molecule has 1 saturated carbocycles. The molecule has 17 heavy (non-hydrogen) atoms. The van der Waals surface area contributed by atoms with Crippen LogP contribution in [-0.2, 0) is 0 Å². The van der Waals surface area contributed by atoms with Gasteiger partial charge in [0.25, 0.3) is 0 Å². The molecule has 0 radical (unpaired) electrons. The lowest BCUT2D eigenvalue weighted by molar-refractivity contribution is 0.204. The van der Waals surface area contributed by atoms with Crippen LogP contribution < -0.4 is 11.1 Å². The first-order valence-corrected chi connectivity index (χ1v) is 6.54. The summed E-state index contributed by atoms with van der Waals surface area (Å²) in [6.07, 6.45) is 7.52. The fourth-order valence-corrected chi connectivity index (χ4v) is 2.71. The lowest BCUT2D eigenvalue weighted by Gasteiger charge is -2.23. The molecule has 0 spiro atoms. The fourth-order valence-electron chi connectivity index (χ4n) is 2.71. The van der Waals surface area contributed by atoms with Gasteiger partial charge in [0.2, 0.25) is 0 Å². The van der Waals surface area contributed by atoms with E-state index < -0.39 is 0 Å². The van der Waals surface area contributed by atoms with Gasteiger partial charge < -0.3 is 16.0 Å². The highest BCUT2D eigenvalue weighted by Crippen LogP contribution is 2.22. The summed E-state index contributed by atoms with van der Waals surface area (Å²) >= 11 is 0. The fraction of sp³-hybridized carbons (Fsp3) is 0.917. The van der Waals surface area contributed by atoms with Gasteiger partial charge in [-0.05, 0) is 25.2 Å². The van der Waals surface area contributed by atoms with Gasteiger partial charge in [-0.15, -0.1) is 12.4 Å². The van der Waals surface area contributed by atoms with Crippen LogP contribution in [0.3, 0.4) is 0 Å². The minimum Gasteiger partial charge on any atom is -0.338 e. The van der Waals surface area contributed by atoms with Gasteiger partial charge in [0, 0.05) is 25.7 Å². The summed E-state index contributed by atoms with van der Waals surface area (Å²) in [7, 11) is 0. The Balaban J connectivity index is 0.00000144. The van der Waals surface area contributed by atoms with E-state index in [-0.39, 0.29) is 24.5 Å². The Morgan fingerprint density at radius 1 is 1.24 bits per heavy atom. The molecular formula is C12H24ClN3O. The smallest absolute Gasteiger partial charge is 0.317 e. The summed E-state index contributed by atoms with van der Waals surface area (Å²) in [5.74, 6) is 0.703. The van der Waals surface area contributed by atoms with E-state index in [1.54, 1.807) is 0 Å². The predicted molar refractivity (Wildman–Crippen MR) is 71.4 cm³/mol. The predicted octanol–water partition coefficient (Wildman–Crippen LogP) is 1.73. The van der Waals surface area contributed by atoms with E-state index in [4.69, 9.17) is 5.73 Å². The Morgan fingerprint density at radius 3 is 2.53 bits per heavy atom. The van der Waals surface area contributed by atoms with E-state index in [9.17, 15) is 4.79 Å². The van der Waals surface area contributed by atoms with Gasteiger partial charge >= 0.3 is 6.03 Å². The van der Waals surface area contributed by atoms with Crippen LogP contribution in [0.2, 0.25) is 0 Å². The number of nitrogens with two attached hydrogens (primary N) is 1. The van der Waals surface area contributed by atoms with E-state index in [0.717, 1.165) is 26.1 Å². The van der Waals surface area contributed by atoms with Crippen LogP contribution in [0.5, 0.6) is 0 Å². The molecule has 3 N–H and O–H groups in total. The van der Waals surface area contributed by atoms with Crippen molar-refractivity contribution in [1.82, 2.24) is 10.2 Å². The van der Waals surface area contributed by atoms with E-state index in [1.807, 2.05) is 4.90 Å². The first-order chi connectivity index (χ1) is 7.75. The monoisotopic (exact) mass is 261 g/mol. The zero-order valence-electron chi connectivity index (χ0n) is 10.4. The number of urea groups is 1. The van der Waals surface area contributed by atoms with E-state index in [2.05, 4.69) is 5.32 Å². The zero-order valence-corrected chi connectivity index (χ0v) is 11.2. The van der Waals surface area contributed by atoms with Gasteiger partial charge in [-0.3, -0.25) is 0 Å². The Morgan fingerprint density at radius 2 is 1.94 bits per heavy atom. The Kier molecular flexibility index (Phi) is 6.06. The van der Waals surface area contributed by atoms with Gasteiger partial charge in [0.05, 0.1) is 0 Å². The average Bonchev–Trinajstić information content (AvgIpc) is 2.74.